The zero-order valence-corrected chi connectivity index (χ0v) is 18.0. The molecule has 0 bridgehead atoms. The summed E-state index contributed by atoms with van der Waals surface area (Å²) in [6.07, 6.45) is 3.20. The second kappa shape index (κ2) is 10.4. The number of ether oxygens (including phenoxy) is 2. The Morgan fingerprint density at radius 3 is 2.43 bits per heavy atom. The molecule has 0 aromatic heterocycles. The van der Waals surface area contributed by atoms with Crippen LogP contribution in [0.3, 0.4) is 0 Å². The number of β-amino-alcohol motifs (C(OH)–C–C–N with tert-alkyl or cyclic N) is 1. The number of aliphatic hydroxyl groups excluding tert-OH is 1. The monoisotopic (exact) mass is 410 g/mol. The smallest absolute Gasteiger partial charge is 0.119 e. The van der Waals surface area contributed by atoms with E-state index < -0.39 is 6.10 Å². The number of methoxy groups -OCH3 is 1. The van der Waals surface area contributed by atoms with Crippen LogP contribution in [0.4, 0.5) is 0 Å². The fraction of sp³-hybridized carbons (Fsp3) is 0.520. The Hall–Kier alpha value is -1.92. The van der Waals surface area contributed by atoms with E-state index in [1.165, 1.54) is 16.7 Å². The number of fused-ring (bicyclic) bond motifs is 1. The van der Waals surface area contributed by atoms with Gasteiger partial charge in [0.1, 0.15) is 18.5 Å². The van der Waals surface area contributed by atoms with Gasteiger partial charge in [0.2, 0.25) is 0 Å². The van der Waals surface area contributed by atoms with Gasteiger partial charge in [-0.3, -0.25) is 9.80 Å². The minimum absolute atomic E-state index is 0.321. The Labute approximate surface area is 180 Å². The number of hydrogen-bond donors (Lipinski definition) is 1. The Morgan fingerprint density at radius 2 is 1.70 bits per heavy atom. The normalized spacial score (nSPS) is 19.4. The fourth-order valence-electron chi connectivity index (χ4n) is 4.51. The van der Waals surface area contributed by atoms with Gasteiger partial charge in [0, 0.05) is 46.4 Å². The van der Waals surface area contributed by atoms with E-state index >= 15 is 0 Å². The van der Waals surface area contributed by atoms with Gasteiger partial charge in [-0.25, -0.2) is 0 Å². The first kappa shape index (κ1) is 21.3. The van der Waals surface area contributed by atoms with Crippen molar-refractivity contribution in [1.82, 2.24) is 9.80 Å². The molecule has 2 heterocycles. The molecule has 2 aromatic rings. The van der Waals surface area contributed by atoms with Crippen LogP contribution < -0.4 is 4.74 Å². The first-order valence-electron chi connectivity index (χ1n) is 11.1. The highest BCUT2D eigenvalue weighted by molar-refractivity contribution is 5.29. The van der Waals surface area contributed by atoms with Crippen molar-refractivity contribution in [3.8, 4) is 5.75 Å². The first-order valence-corrected chi connectivity index (χ1v) is 11.1. The van der Waals surface area contributed by atoms with E-state index in [4.69, 9.17) is 9.47 Å². The topological polar surface area (TPSA) is 45.2 Å². The lowest BCUT2D eigenvalue weighted by atomic mass is 10.00. The molecule has 4 rings (SSSR count). The molecule has 1 N–H and O–H groups in total. The minimum Gasteiger partial charge on any atom is -0.491 e. The molecule has 1 saturated heterocycles. The molecule has 5 nitrogen and oxygen atoms in total. The molecular weight excluding hydrogens is 376 g/mol. The van der Waals surface area contributed by atoms with Gasteiger partial charge < -0.3 is 14.6 Å². The van der Waals surface area contributed by atoms with Gasteiger partial charge in [-0.1, -0.05) is 36.4 Å². The first-order chi connectivity index (χ1) is 14.7. The standard InChI is InChI=1S/C25H34N2O3/c1-29-24-11-14-26(15-12-24)16-20-6-8-25(9-7-20)30-19-23(28)18-27-13-10-21-4-2-3-5-22(21)17-27/h2-9,23-24,28H,10-19H2,1H3/t23-/m0/s1. The second-order valence-electron chi connectivity index (χ2n) is 8.57. The lowest BCUT2D eigenvalue weighted by Gasteiger charge is -2.31. The van der Waals surface area contributed by atoms with Crippen LogP contribution in [0, 0.1) is 0 Å². The molecule has 30 heavy (non-hydrogen) atoms. The molecule has 1 fully saturated rings. The van der Waals surface area contributed by atoms with Crippen molar-refractivity contribution in [2.24, 2.45) is 0 Å². The van der Waals surface area contributed by atoms with E-state index in [0.717, 1.165) is 57.7 Å². The second-order valence-corrected chi connectivity index (χ2v) is 8.57. The Bertz CT molecular complexity index is 787. The summed E-state index contributed by atoms with van der Waals surface area (Å²) in [7, 11) is 1.81. The van der Waals surface area contributed by atoms with Gasteiger partial charge in [0.15, 0.2) is 0 Å². The summed E-state index contributed by atoms with van der Waals surface area (Å²) in [5.74, 6) is 0.819. The number of piperidine rings is 1. The van der Waals surface area contributed by atoms with Gasteiger partial charge in [0.25, 0.3) is 0 Å². The van der Waals surface area contributed by atoms with Crippen LogP contribution in [0.1, 0.15) is 29.5 Å². The SMILES string of the molecule is COC1CCN(Cc2ccc(OC[C@@H](O)CN3CCc4ccccc4C3)cc2)CC1. The zero-order chi connectivity index (χ0) is 20.8. The third-order valence-corrected chi connectivity index (χ3v) is 6.32. The van der Waals surface area contributed by atoms with Crippen molar-refractivity contribution in [2.75, 3.05) is 39.9 Å². The largest absolute Gasteiger partial charge is 0.491 e. The van der Waals surface area contributed by atoms with Crippen molar-refractivity contribution in [3.05, 3.63) is 65.2 Å². The van der Waals surface area contributed by atoms with Crippen LogP contribution in [0.25, 0.3) is 0 Å². The summed E-state index contributed by atoms with van der Waals surface area (Å²) in [4.78, 5) is 4.79. The molecule has 0 aliphatic carbocycles. The average Bonchev–Trinajstić information content (AvgIpc) is 2.79. The van der Waals surface area contributed by atoms with Crippen LogP contribution in [-0.2, 0) is 24.2 Å². The molecule has 0 radical (unpaired) electrons. The number of hydrogen-bond acceptors (Lipinski definition) is 5. The summed E-state index contributed by atoms with van der Waals surface area (Å²) in [5.41, 5.74) is 4.10. The van der Waals surface area contributed by atoms with Crippen LogP contribution in [0.15, 0.2) is 48.5 Å². The van der Waals surface area contributed by atoms with Crippen molar-refractivity contribution in [2.45, 2.75) is 44.6 Å². The van der Waals surface area contributed by atoms with Crippen molar-refractivity contribution < 1.29 is 14.6 Å². The Morgan fingerprint density at radius 1 is 0.967 bits per heavy atom. The quantitative estimate of drug-likeness (QED) is 0.725. The Balaban J connectivity index is 1.19. The molecule has 0 unspecified atom stereocenters. The van der Waals surface area contributed by atoms with Crippen molar-refractivity contribution in [3.63, 3.8) is 0 Å². The van der Waals surface area contributed by atoms with Crippen LogP contribution >= 0.6 is 0 Å². The van der Waals surface area contributed by atoms with E-state index in [1.54, 1.807) is 0 Å². The van der Waals surface area contributed by atoms with Gasteiger partial charge >= 0.3 is 0 Å². The predicted octanol–water partition coefficient (Wildman–Crippen LogP) is 3.10. The Kier molecular flexibility index (Phi) is 7.39. The van der Waals surface area contributed by atoms with E-state index in [2.05, 4.69) is 46.2 Å². The van der Waals surface area contributed by atoms with Crippen LogP contribution in [-0.4, -0.2) is 67.0 Å². The molecule has 0 saturated carbocycles. The van der Waals surface area contributed by atoms with E-state index in [0.29, 0.717) is 19.3 Å². The van der Waals surface area contributed by atoms with E-state index in [-0.39, 0.29) is 0 Å². The molecule has 5 heteroatoms. The maximum Gasteiger partial charge on any atom is 0.119 e. The summed E-state index contributed by atoms with van der Waals surface area (Å²) in [6.45, 7) is 6.00. The highest BCUT2D eigenvalue weighted by Crippen LogP contribution is 2.20. The summed E-state index contributed by atoms with van der Waals surface area (Å²) < 4.78 is 11.3. The highest BCUT2D eigenvalue weighted by atomic mass is 16.5. The minimum atomic E-state index is -0.489. The van der Waals surface area contributed by atoms with E-state index in [1.807, 2.05) is 19.2 Å². The van der Waals surface area contributed by atoms with Crippen LogP contribution in [0.2, 0.25) is 0 Å². The number of benzene rings is 2. The third kappa shape index (κ3) is 5.82. The molecule has 1 atom stereocenters. The number of aliphatic hydroxyl groups is 1. The van der Waals surface area contributed by atoms with Gasteiger partial charge in [-0.2, -0.15) is 0 Å². The molecule has 0 amide bonds. The number of nitrogens with zero attached hydrogens (tertiary/aromatic N) is 2. The number of rotatable bonds is 8. The van der Waals surface area contributed by atoms with Crippen LogP contribution in [0.5, 0.6) is 5.75 Å². The summed E-state index contributed by atoms with van der Waals surface area (Å²) >= 11 is 0. The molecule has 2 aliphatic heterocycles. The molecular formula is C25H34N2O3. The fourth-order valence-corrected chi connectivity index (χ4v) is 4.51. The zero-order valence-electron chi connectivity index (χ0n) is 18.0. The predicted molar refractivity (Wildman–Crippen MR) is 119 cm³/mol. The van der Waals surface area contributed by atoms with Gasteiger partial charge in [0.05, 0.1) is 6.10 Å². The van der Waals surface area contributed by atoms with Gasteiger partial charge in [-0.15, -0.1) is 0 Å². The van der Waals surface area contributed by atoms with Crippen molar-refractivity contribution in [1.29, 1.82) is 0 Å². The summed E-state index contributed by atoms with van der Waals surface area (Å²) in [6, 6.07) is 16.9. The van der Waals surface area contributed by atoms with E-state index in [9.17, 15) is 5.11 Å². The lowest BCUT2D eigenvalue weighted by molar-refractivity contribution is 0.0388. The molecule has 2 aliphatic rings. The lowest BCUT2D eigenvalue weighted by Crippen LogP contribution is -2.38. The molecule has 162 valence electrons. The number of likely N-dealkylation sites (tertiary alicyclic amines) is 1. The highest BCUT2D eigenvalue weighted by Gasteiger charge is 2.20. The summed E-state index contributed by atoms with van der Waals surface area (Å²) in [5, 5.41) is 10.4. The average molecular weight is 411 g/mol. The molecule has 0 spiro atoms. The maximum atomic E-state index is 10.4. The third-order valence-electron chi connectivity index (χ3n) is 6.32. The van der Waals surface area contributed by atoms with Gasteiger partial charge in [-0.05, 0) is 48.1 Å². The van der Waals surface area contributed by atoms with Crippen molar-refractivity contribution >= 4 is 0 Å². The molecule has 2 aromatic carbocycles. The maximum absolute atomic E-state index is 10.4.